The molecule has 14 nitrogen and oxygen atoms in total. The Balaban J connectivity index is 2.06. The maximum atomic E-state index is 13.1. The predicted molar refractivity (Wildman–Crippen MR) is 128 cm³/mol. The molecule has 0 bridgehead atoms. The first-order valence-corrected chi connectivity index (χ1v) is 13.2. The fraction of sp³-hybridized carbons (Fsp3) is 0.263. The largest absolute Gasteiger partial charge is 0.390 e. The summed E-state index contributed by atoms with van der Waals surface area (Å²) < 4.78 is 55.6. The summed E-state index contributed by atoms with van der Waals surface area (Å²) in [6.07, 6.45) is -1.18. The molecule has 186 valence electrons. The molecule has 3 aromatic rings. The van der Waals surface area contributed by atoms with E-state index in [9.17, 15) is 21.9 Å². The van der Waals surface area contributed by atoms with Crippen LogP contribution in [0.3, 0.4) is 0 Å². The molecular formula is C19H23N9O5S2. The fourth-order valence-electron chi connectivity index (χ4n) is 3.68. The molecule has 2 aromatic carbocycles. The van der Waals surface area contributed by atoms with Crippen LogP contribution in [-0.4, -0.2) is 63.2 Å². The normalized spacial score (nSPS) is 15.0. The zero-order chi connectivity index (χ0) is 25.5. The lowest BCUT2D eigenvalue weighted by atomic mass is 9.97. The number of aryl methyl sites for hydroxylation is 1. The van der Waals surface area contributed by atoms with Gasteiger partial charge in [0.2, 0.25) is 26.0 Å². The number of benzene rings is 2. The maximum Gasteiger partial charge on any atom is 0.242 e. The number of nitrogens with two attached hydrogens (primary N) is 3. The summed E-state index contributed by atoms with van der Waals surface area (Å²) in [7, 11) is -7.40. The van der Waals surface area contributed by atoms with Crippen molar-refractivity contribution in [2.24, 2.45) is 33.1 Å². The van der Waals surface area contributed by atoms with Gasteiger partial charge in [-0.1, -0.05) is 18.2 Å². The van der Waals surface area contributed by atoms with E-state index in [2.05, 4.69) is 24.9 Å². The highest BCUT2D eigenvalue weighted by atomic mass is 32.2. The van der Waals surface area contributed by atoms with E-state index in [1.54, 1.807) is 29.8 Å². The Morgan fingerprint density at radius 1 is 1.17 bits per heavy atom. The highest BCUT2D eigenvalue weighted by Crippen LogP contribution is 2.37. The second-order valence-corrected chi connectivity index (χ2v) is 10.9. The number of amidine groups is 1. The quantitative estimate of drug-likeness (QED) is 0.252. The van der Waals surface area contributed by atoms with Crippen molar-refractivity contribution < 1.29 is 21.9 Å². The van der Waals surface area contributed by atoms with Crippen LogP contribution in [-0.2, 0) is 27.1 Å². The van der Waals surface area contributed by atoms with E-state index in [0.717, 1.165) is 6.07 Å². The first kappa shape index (κ1) is 24.8. The van der Waals surface area contributed by atoms with Crippen molar-refractivity contribution in [1.29, 1.82) is 0 Å². The summed E-state index contributed by atoms with van der Waals surface area (Å²) in [5.41, 5.74) is 13.0. The number of imidazole rings is 1. The molecule has 1 aromatic heterocycles. The summed E-state index contributed by atoms with van der Waals surface area (Å²) in [6, 6.07) is 7.69. The Morgan fingerprint density at radius 2 is 1.91 bits per heavy atom. The first-order valence-electron chi connectivity index (χ1n) is 10.2. The SMILES string of the molecule is Cn1c(N)nc2c(-c3ccc(S(=O)(=O)NC[C@H](O)CN)c(S(N)(=O)=O)c3C3=NCN=N3)cccc21. The van der Waals surface area contributed by atoms with Gasteiger partial charge in [0.25, 0.3) is 0 Å². The van der Waals surface area contributed by atoms with Crippen molar-refractivity contribution in [3.8, 4) is 11.1 Å². The average molecular weight is 522 g/mol. The van der Waals surface area contributed by atoms with Crippen molar-refractivity contribution in [3.63, 3.8) is 0 Å². The van der Waals surface area contributed by atoms with Crippen LogP contribution in [0.4, 0.5) is 5.95 Å². The number of aliphatic imine (C=N–C) groups is 1. The number of azo groups is 1. The van der Waals surface area contributed by atoms with Crippen molar-refractivity contribution in [2.45, 2.75) is 15.9 Å². The second-order valence-electron chi connectivity index (χ2n) is 7.67. The highest BCUT2D eigenvalue weighted by molar-refractivity contribution is 7.92. The summed E-state index contributed by atoms with van der Waals surface area (Å²) in [5, 5.41) is 22.9. The third-order valence-electron chi connectivity index (χ3n) is 5.39. The van der Waals surface area contributed by atoms with Crippen LogP contribution in [0.1, 0.15) is 5.56 Å². The fourth-order valence-corrected chi connectivity index (χ4v) is 6.35. The standard InChI is InChI=1S/C19H23N9O5S2/c1-28-13-4-2-3-12(16(13)26-19(28)21)11-5-6-14(35(32,33)25-8-10(29)7-20)17(34(22,30)31)15(11)18-23-9-24-27-18/h2-6,10,25,29H,7-9,20H2,1H3,(H2,21,26)(H2,22,30,31)/t10-/m1/s1. The molecule has 0 fully saturated rings. The van der Waals surface area contributed by atoms with Crippen LogP contribution in [0.25, 0.3) is 22.2 Å². The molecule has 4 rings (SSSR count). The second kappa shape index (κ2) is 9.06. The van der Waals surface area contributed by atoms with Crippen molar-refractivity contribution in [1.82, 2.24) is 14.3 Å². The Labute approximate surface area is 200 Å². The molecule has 1 aliphatic heterocycles. The average Bonchev–Trinajstić information content (AvgIpc) is 3.44. The minimum Gasteiger partial charge on any atom is -0.390 e. The van der Waals surface area contributed by atoms with Gasteiger partial charge in [0, 0.05) is 25.7 Å². The van der Waals surface area contributed by atoms with Crippen LogP contribution >= 0.6 is 0 Å². The number of anilines is 1. The van der Waals surface area contributed by atoms with Gasteiger partial charge in [0.1, 0.15) is 9.79 Å². The summed E-state index contributed by atoms with van der Waals surface area (Å²) >= 11 is 0. The van der Waals surface area contributed by atoms with Gasteiger partial charge in [-0.2, -0.15) is 5.11 Å². The van der Waals surface area contributed by atoms with Gasteiger partial charge in [0.15, 0.2) is 12.5 Å². The highest BCUT2D eigenvalue weighted by Gasteiger charge is 2.33. The number of hydrogen-bond acceptors (Lipinski definition) is 11. The molecular weight excluding hydrogens is 498 g/mol. The molecule has 1 aliphatic rings. The summed E-state index contributed by atoms with van der Waals surface area (Å²) in [6.45, 7) is -0.714. The number of aliphatic hydroxyl groups is 1. The minimum absolute atomic E-state index is 0.0719. The number of primary sulfonamides is 1. The molecule has 0 spiro atoms. The summed E-state index contributed by atoms with van der Waals surface area (Å²) in [5.74, 6) is 0.115. The number of nitrogen functional groups attached to an aromatic ring is 1. The van der Waals surface area contributed by atoms with E-state index in [1.807, 2.05) is 0 Å². The van der Waals surface area contributed by atoms with Crippen molar-refractivity contribution in [3.05, 3.63) is 35.9 Å². The van der Waals surface area contributed by atoms with Gasteiger partial charge in [-0.25, -0.2) is 36.7 Å². The topological polar surface area (TPSA) is 234 Å². The first-order chi connectivity index (χ1) is 16.5. The number of para-hydroxylation sites is 1. The Morgan fingerprint density at radius 3 is 2.54 bits per heavy atom. The van der Waals surface area contributed by atoms with Gasteiger partial charge in [0.05, 0.1) is 22.7 Å². The van der Waals surface area contributed by atoms with Gasteiger partial charge < -0.3 is 21.1 Å². The van der Waals surface area contributed by atoms with Crippen LogP contribution in [0, 0.1) is 0 Å². The molecule has 0 aliphatic carbocycles. The van der Waals surface area contributed by atoms with Crippen molar-refractivity contribution in [2.75, 3.05) is 25.5 Å². The smallest absolute Gasteiger partial charge is 0.242 e. The number of rotatable bonds is 8. The number of fused-ring (bicyclic) bond motifs is 1. The number of aliphatic hydroxyl groups excluding tert-OH is 1. The van der Waals surface area contributed by atoms with Crippen molar-refractivity contribution >= 4 is 42.9 Å². The van der Waals surface area contributed by atoms with E-state index in [-0.39, 0.29) is 36.1 Å². The van der Waals surface area contributed by atoms with E-state index in [1.165, 1.54) is 6.07 Å². The maximum absolute atomic E-state index is 13.1. The van der Waals surface area contributed by atoms with E-state index in [0.29, 0.717) is 16.6 Å². The number of aromatic nitrogens is 2. The Kier molecular flexibility index (Phi) is 6.43. The third-order valence-corrected chi connectivity index (χ3v) is 7.97. The van der Waals surface area contributed by atoms with Crippen LogP contribution in [0.2, 0.25) is 0 Å². The molecule has 2 heterocycles. The third kappa shape index (κ3) is 4.54. The lowest BCUT2D eigenvalue weighted by Gasteiger charge is -2.18. The monoisotopic (exact) mass is 521 g/mol. The van der Waals surface area contributed by atoms with Gasteiger partial charge in [-0.05, 0) is 17.7 Å². The summed E-state index contributed by atoms with van der Waals surface area (Å²) in [4.78, 5) is 7.14. The minimum atomic E-state index is -4.65. The van der Waals surface area contributed by atoms with Crippen LogP contribution in [0.5, 0.6) is 0 Å². The molecule has 0 radical (unpaired) electrons. The zero-order valence-electron chi connectivity index (χ0n) is 18.5. The predicted octanol–water partition coefficient (Wildman–Crippen LogP) is -0.762. The van der Waals surface area contributed by atoms with Gasteiger partial charge in [-0.3, -0.25) is 0 Å². The van der Waals surface area contributed by atoms with E-state index < -0.39 is 42.5 Å². The number of sulfonamides is 2. The van der Waals surface area contributed by atoms with Crippen LogP contribution in [0.15, 0.2) is 55.3 Å². The van der Waals surface area contributed by atoms with Crippen LogP contribution < -0.4 is 21.3 Å². The zero-order valence-corrected chi connectivity index (χ0v) is 20.1. The molecule has 16 heteroatoms. The number of nitrogens with one attached hydrogen (secondary N) is 1. The molecule has 1 atom stereocenters. The number of nitrogens with zero attached hydrogens (tertiary/aromatic N) is 5. The molecule has 0 amide bonds. The van der Waals surface area contributed by atoms with Gasteiger partial charge >= 0.3 is 0 Å². The Hall–Kier alpha value is -3.28. The van der Waals surface area contributed by atoms with E-state index in [4.69, 9.17) is 16.6 Å². The number of hydrogen-bond donors (Lipinski definition) is 5. The molecule has 0 unspecified atom stereocenters. The van der Waals surface area contributed by atoms with E-state index >= 15 is 0 Å². The lowest BCUT2D eigenvalue weighted by Crippen LogP contribution is -2.37. The molecule has 35 heavy (non-hydrogen) atoms. The molecule has 0 saturated heterocycles. The lowest BCUT2D eigenvalue weighted by molar-refractivity contribution is 0.186. The van der Waals surface area contributed by atoms with Gasteiger partial charge in [-0.15, -0.1) is 5.11 Å². The molecule has 0 saturated carbocycles. The molecule has 8 N–H and O–H groups in total. The Bertz CT molecular complexity index is 1590.